The summed E-state index contributed by atoms with van der Waals surface area (Å²) in [5.74, 6) is -0.262. The summed E-state index contributed by atoms with van der Waals surface area (Å²) in [6, 6.07) is 6.20. The molecule has 33 heavy (non-hydrogen) atoms. The predicted octanol–water partition coefficient (Wildman–Crippen LogP) is 4.53. The van der Waals surface area contributed by atoms with Crippen LogP contribution in [0.4, 0.5) is 4.39 Å². The van der Waals surface area contributed by atoms with Gasteiger partial charge in [-0.05, 0) is 44.9 Å². The molecule has 1 fully saturated rings. The van der Waals surface area contributed by atoms with Crippen LogP contribution in [0.1, 0.15) is 47.4 Å². The molecule has 3 aromatic heterocycles. The van der Waals surface area contributed by atoms with Gasteiger partial charge in [0.25, 0.3) is 5.56 Å². The highest BCUT2D eigenvalue weighted by Crippen LogP contribution is 2.37. The fourth-order valence-electron chi connectivity index (χ4n) is 4.34. The van der Waals surface area contributed by atoms with E-state index in [1.165, 1.54) is 10.5 Å². The number of fused-ring (bicyclic) bond motifs is 1. The van der Waals surface area contributed by atoms with Crippen molar-refractivity contribution in [2.45, 2.75) is 38.7 Å². The van der Waals surface area contributed by atoms with Crippen LogP contribution >= 0.6 is 11.6 Å². The molecule has 1 saturated heterocycles. The zero-order valence-corrected chi connectivity index (χ0v) is 19.3. The minimum Gasteiger partial charge on any atom is -0.373 e. The fourth-order valence-corrected chi connectivity index (χ4v) is 4.49. The van der Waals surface area contributed by atoms with Crippen molar-refractivity contribution in [3.8, 4) is 11.4 Å². The molecule has 7 nitrogen and oxygen atoms in total. The van der Waals surface area contributed by atoms with Crippen LogP contribution in [0.5, 0.6) is 0 Å². The fraction of sp³-hybridized carbons (Fsp3) is 0.333. The van der Waals surface area contributed by atoms with Gasteiger partial charge < -0.3 is 4.74 Å². The van der Waals surface area contributed by atoms with E-state index in [0.29, 0.717) is 29.9 Å². The minimum atomic E-state index is -0.543. The van der Waals surface area contributed by atoms with Crippen molar-refractivity contribution in [2.24, 2.45) is 7.05 Å². The second-order valence-corrected chi connectivity index (χ2v) is 8.91. The Hall–Kier alpha value is -3.10. The molecule has 1 aliphatic rings. The highest BCUT2D eigenvalue weighted by atomic mass is 35.5. The summed E-state index contributed by atoms with van der Waals surface area (Å²) >= 11 is 5.97. The van der Waals surface area contributed by atoms with Crippen molar-refractivity contribution >= 4 is 17.2 Å². The highest BCUT2D eigenvalue weighted by Gasteiger charge is 2.28. The molecule has 0 radical (unpaired) electrons. The van der Waals surface area contributed by atoms with Crippen LogP contribution in [-0.2, 0) is 11.8 Å². The van der Waals surface area contributed by atoms with E-state index in [2.05, 4.69) is 10.1 Å². The van der Waals surface area contributed by atoms with Gasteiger partial charge in [-0.25, -0.2) is 18.8 Å². The van der Waals surface area contributed by atoms with E-state index in [4.69, 9.17) is 21.3 Å². The van der Waals surface area contributed by atoms with Gasteiger partial charge in [0.15, 0.2) is 5.82 Å². The van der Waals surface area contributed by atoms with E-state index < -0.39 is 5.82 Å². The van der Waals surface area contributed by atoms with Crippen LogP contribution in [0.15, 0.2) is 41.5 Å². The zero-order valence-electron chi connectivity index (χ0n) is 18.5. The summed E-state index contributed by atoms with van der Waals surface area (Å²) in [7, 11) is 1.87. The second kappa shape index (κ2) is 8.35. The Kier molecular flexibility index (Phi) is 5.50. The average Bonchev–Trinajstić information content (AvgIpc) is 3.23. The summed E-state index contributed by atoms with van der Waals surface area (Å²) < 4.78 is 24.1. The summed E-state index contributed by atoms with van der Waals surface area (Å²) in [4.78, 5) is 22.6. The predicted molar refractivity (Wildman–Crippen MR) is 123 cm³/mol. The lowest BCUT2D eigenvalue weighted by Gasteiger charge is -2.29. The van der Waals surface area contributed by atoms with Crippen LogP contribution < -0.4 is 5.56 Å². The third kappa shape index (κ3) is 3.94. The third-order valence-electron chi connectivity index (χ3n) is 6.27. The number of benzene rings is 1. The Morgan fingerprint density at radius 1 is 1.21 bits per heavy atom. The Labute approximate surface area is 194 Å². The van der Waals surface area contributed by atoms with Crippen molar-refractivity contribution in [3.05, 3.63) is 80.4 Å². The summed E-state index contributed by atoms with van der Waals surface area (Å²) in [5.41, 5.74) is 3.29. The van der Waals surface area contributed by atoms with E-state index in [1.54, 1.807) is 30.7 Å². The minimum absolute atomic E-state index is 0.0570. The van der Waals surface area contributed by atoms with Crippen LogP contribution in [0.25, 0.3) is 17.0 Å². The van der Waals surface area contributed by atoms with Gasteiger partial charge in [-0.15, -0.1) is 0 Å². The maximum Gasteiger partial charge on any atom is 0.262 e. The quantitative estimate of drug-likeness (QED) is 0.442. The second-order valence-electron chi connectivity index (χ2n) is 8.48. The summed E-state index contributed by atoms with van der Waals surface area (Å²) in [6.07, 6.45) is 5.11. The molecule has 4 aromatic rings. The number of rotatable bonds is 3. The largest absolute Gasteiger partial charge is 0.373 e. The Bertz CT molecular complexity index is 1430. The molecule has 5 rings (SSSR count). The lowest BCUT2D eigenvalue weighted by Crippen LogP contribution is -2.24. The lowest BCUT2D eigenvalue weighted by atomic mass is 9.90. The molecule has 0 saturated carbocycles. The molecule has 9 heteroatoms. The van der Waals surface area contributed by atoms with Crippen molar-refractivity contribution in [3.63, 3.8) is 0 Å². The first kappa shape index (κ1) is 21.7. The van der Waals surface area contributed by atoms with E-state index in [0.717, 1.165) is 17.7 Å². The molecule has 1 aliphatic heterocycles. The van der Waals surface area contributed by atoms with Crippen LogP contribution in [0, 0.1) is 19.7 Å². The SMILES string of the molecule is Cc1nc2cc([C@H]3CCO[C@@H](c4cnn(C)c4)C3)nc(-c3ccc(Cl)cc3F)n2c(=O)c1C. The smallest absolute Gasteiger partial charge is 0.262 e. The van der Waals surface area contributed by atoms with Gasteiger partial charge in [0.05, 0.1) is 17.9 Å². The summed E-state index contributed by atoms with van der Waals surface area (Å²) in [6.45, 7) is 4.07. The molecular weight excluding hydrogens is 445 g/mol. The molecule has 0 amide bonds. The summed E-state index contributed by atoms with van der Waals surface area (Å²) in [5, 5.41) is 4.53. The van der Waals surface area contributed by atoms with Gasteiger partial charge in [0.1, 0.15) is 11.5 Å². The van der Waals surface area contributed by atoms with Gasteiger partial charge in [0.2, 0.25) is 0 Å². The standard InChI is InChI=1S/C24H23ClFN5O2/c1-13-14(2)28-22-10-20(15-6-7-33-21(8-15)16-11-27-30(3)12-16)29-23(31(22)24(13)32)18-5-4-17(25)9-19(18)26/h4-5,9-12,15,21H,6-8H2,1-3H3/t15-,21+/m0/s1. The first-order chi connectivity index (χ1) is 15.8. The monoisotopic (exact) mass is 467 g/mol. The molecule has 0 unspecified atom stereocenters. The third-order valence-corrected chi connectivity index (χ3v) is 6.51. The number of halogens is 2. The highest BCUT2D eigenvalue weighted by molar-refractivity contribution is 6.30. The number of nitrogens with zero attached hydrogens (tertiary/aromatic N) is 5. The number of hydrogen-bond acceptors (Lipinski definition) is 5. The van der Waals surface area contributed by atoms with Gasteiger partial charge >= 0.3 is 0 Å². The number of aromatic nitrogens is 5. The van der Waals surface area contributed by atoms with Gasteiger partial charge in [-0.2, -0.15) is 5.10 Å². The first-order valence-corrected chi connectivity index (χ1v) is 11.2. The van der Waals surface area contributed by atoms with Crippen molar-refractivity contribution in [2.75, 3.05) is 6.61 Å². The number of hydrogen-bond donors (Lipinski definition) is 0. The zero-order chi connectivity index (χ0) is 23.3. The van der Waals surface area contributed by atoms with Crippen molar-refractivity contribution < 1.29 is 9.13 Å². The average molecular weight is 468 g/mol. The topological polar surface area (TPSA) is 74.3 Å². The molecule has 2 atom stereocenters. The van der Waals surface area contributed by atoms with Crippen LogP contribution in [0.2, 0.25) is 5.02 Å². The number of ether oxygens (including phenoxy) is 1. The van der Waals surface area contributed by atoms with Gasteiger partial charge in [0, 0.05) is 59.4 Å². The molecule has 0 bridgehead atoms. The Morgan fingerprint density at radius 2 is 2.03 bits per heavy atom. The van der Waals surface area contributed by atoms with E-state index >= 15 is 0 Å². The maximum absolute atomic E-state index is 14.9. The number of aryl methyl sites for hydroxylation is 2. The Morgan fingerprint density at radius 3 is 2.76 bits per heavy atom. The van der Waals surface area contributed by atoms with Crippen molar-refractivity contribution in [1.82, 2.24) is 24.1 Å². The van der Waals surface area contributed by atoms with E-state index in [-0.39, 0.29) is 34.0 Å². The van der Waals surface area contributed by atoms with Crippen LogP contribution in [0.3, 0.4) is 0 Å². The molecule has 4 heterocycles. The molecule has 1 aromatic carbocycles. The molecule has 0 spiro atoms. The van der Waals surface area contributed by atoms with E-state index in [1.807, 2.05) is 25.5 Å². The normalized spacial score (nSPS) is 18.7. The molecule has 170 valence electrons. The van der Waals surface area contributed by atoms with Crippen molar-refractivity contribution in [1.29, 1.82) is 0 Å². The van der Waals surface area contributed by atoms with Gasteiger partial charge in [-0.3, -0.25) is 9.48 Å². The van der Waals surface area contributed by atoms with E-state index in [9.17, 15) is 9.18 Å². The molecule has 0 N–H and O–H groups in total. The molecular formula is C24H23ClFN5O2. The lowest BCUT2D eigenvalue weighted by molar-refractivity contribution is 0.00461. The van der Waals surface area contributed by atoms with Crippen LogP contribution in [-0.4, -0.2) is 30.8 Å². The maximum atomic E-state index is 14.9. The first-order valence-electron chi connectivity index (χ1n) is 10.8. The van der Waals surface area contributed by atoms with Gasteiger partial charge in [-0.1, -0.05) is 11.6 Å². The Balaban J connectivity index is 1.67. The molecule has 0 aliphatic carbocycles.